The van der Waals surface area contributed by atoms with E-state index in [4.69, 9.17) is 16.3 Å². The van der Waals surface area contributed by atoms with Gasteiger partial charge in [0.1, 0.15) is 6.07 Å². The van der Waals surface area contributed by atoms with Crippen molar-refractivity contribution in [2.45, 2.75) is 17.4 Å². The average molecular weight is 325 g/mol. The quantitative estimate of drug-likeness (QED) is 0.925. The number of nitrogens with zero attached hydrogens (tertiary/aromatic N) is 2. The minimum absolute atomic E-state index is 0.0214. The molecule has 0 unspecified atom stereocenters. The summed E-state index contributed by atoms with van der Waals surface area (Å²) in [5, 5.41) is 17.8. The van der Waals surface area contributed by atoms with Crippen molar-refractivity contribution >= 4 is 9.84 Å². The van der Waals surface area contributed by atoms with Crippen LogP contribution in [0.1, 0.15) is 11.1 Å². The van der Waals surface area contributed by atoms with E-state index in [1.807, 2.05) is 36.4 Å². The number of nitrogens with two attached hydrogens (primary N) is 1. The largest absolute Gasteiger partial charge is 0.316 e. The Labute approximate surface area is 135 Å². The Balaban J connectivity index is 2.40. The molecule has 2 N–H and O–H groups in total. The van der Waals surface area contributed by atoms with Crippen LogP contribution in [0.2, 0.25) is 0 Å². The van der Waals surface area contributed by atoms with Gasteiger partial charge < -0.3 is 5.73 Å². The van der Waals surface area contributed by atoms with Gasteiger partial charge in [0.2, 0.25) is 0 Å². The smallest absolute Gasteiger partial charge is 0.176 e. The Bertz CT molecular complexity index is 904. The van der Waals surface area contributed by atoms with Gasteiger partial charge in [0.25, 0.3) is 0 Å². The molecular weight excluding hydrogens is 310 g/mol. The maximum Gasteiger partial charge on any atom is 0.176 e. The van der Waals surface area contributed by atoms with Gasteiger partial charge in [-0.25, -0.2) is 8.42 Å². The molecule has 0 aliphatic rings. The second kappa shape index (κ2) is 6.62. The number of nitriles is 2. The van der Waals surface area contributed by atoms with Crippen LogP contribution < -0.4 is 5.73 Å². The molecule has 1 atom stereocenters. The third kappa shape index (κ3) is 3.95. The van der Waals surface area contributed by atoms with Gasteiger partial charge >= 0.3 is 0 Å². The van der Waals surface area contributed by atoms with Crippen molar-refractivity contribution in [2.24, 2.45) is 5.73 Å². The molecule has 0 aliphatic carbocycles. The fraction of sp³-hybridized carbons (Fsp3) is 0.176. The van der Waals surface area contributed by atoms with Crippen molar-refractivity contribution in [3.05, 3.63) is 53.6 Å². The molecule has 0 fully saturated rings. The van der Waals surface area contributed by atoms with E-state index >= 15 is 0 Å². The van der Waals surface area contributed by atoms with Crippen LogP contribution in [0.4, 0.5) is 0 Å². The highest BCUT2D eigenvalue weighted by atomic mass is 32.2. The molecule has 0 heterocycles. The van der Waals surface area contributed by atoms with Gasteiger partial charge in [-0.1, -0.05) is 30.3 Å². The highest BCUT2D eigenvalue weighted by Crippen LogP contribution is 2.25. The molecule has 2 rings (SSSR count). The lowest BCUT2D eigenvalue weighted by atomic mass is 10.0. The van der Waals surface area contributed by atoms with Gasteiger partial charge in [-0.15, -0.1) is 0 Å². The Morgan fingerprint density at radius 2 is 1.70 bits per heavy atom. The summed E-state index contributed by atoms with van der Waals surface area (Å²) in [6.07, 6.45) is 1.54. The van der Waals surface area contributed by atoms with Crippen molar-refractivity contribution in [2.75, 3.05) is 6.26 Å². The number of hydrogen-bond acceptors (Lipinski definition) is 5. The Hall–Kier alpha value is -2.67. The lowest BCUT2D eigenvalue weighted by Crippen LogP contribution is -2.19. The average Bonchev–Trinajstić information content (AvgIpc) is 2.54. The van der Waals surface area contributed by atoms with Gasteiger partial charge in [-0.05, 0) is 28.8 Å². The van der Waals surface area contributed by atoms with Crippen molar-refractivity contribution < 1.29 is 8.42 Å². The summed E-state index contributed by atoms with van der Waals surface area (Å²) >= 11 is 0. The van der Waals surface area contributed by atoms with Crippen LogP contribution in [0, 0.1) is 22.7 Å². The van der Waals surface area contributed by atoms with E-state index in [1.54, 1.807) is 6.07 Å². The first-order valence-corrected chi connectivity index (χ1v) is 8.73. The third-order valence-electron chi connectivity index (χ3n) is 3.41. The zero-order chi connectivity index (χ0) is 17.0. The number of sulfone groups is 1. The molecular formula is C17H15N3O2S. The molecule has 0 spiro atoms. The van der Waals surface area contributed by atoms with Gasteiger partial charge in [-0.2, -0.15) is 10.5 Å². The Kier molecular flexibility index (Phi) is 4.80. The second-order valence-electron chi connectivity index (χ2n) is 5.23. The predicted molar refractivity (Wildman–Crippen MR) is 87.0 cm³/mol. The number of benzene rings is 2. The molecule has 0 amide bonds. The summed E-state index contributed by atoms with van der Waals surface area (Å²) in [4.78, 5) is 0.0214. The minimum atomic E-state index is -3.48. The van der Waals surface area contributed by atoms with E-state index in [0.29, 0.717) is 12.0 Å². The van der Waals surface area contributed by atoms with Crippen LogP contribution in [0.5, 0.6) is 0 Å². The Morgan fingerprint density at radius 1 is 1.09 bits per heavy atom. The molecule has 0 radical (unpaired) electrons. The van der Waals surface area contributed by atoms with Gasteiger partial charge in [-0.3, -0.25) is 0 Å². The summed E-state index contributed by atoms with van der Waals surface area (Å²) < 4.78 is 23.6. The normalized spacial score (nSPS) is 12.2. The molecule has 0 saturated carbocycles. The molecule has 2 aromatic carbocycles. The Morgan fingerprint density at radius 3 is 2.22 bits per heavy atom. The SMILES string of the molecule is CS(=O)(=O)c1cc(-c2ccc(C[C@H](N)C#N)cc2)ccc1C#N. The monoisotopic (exact) mass is 325 g/mol. The molecule has 116 valence electrons. The van der Waals surface area contributed by atoms with E-state index in [-0.39, 0.29) is 10.5 Å². The van der Waals surface area contributed by atoms with Crippen molar-refractivity contribution in [1.82, 2.24) is 0 Å². The standard InChI is InChI=1S/C17H15N3O2S/c1-23(21,22)17-9-14(6-7-15(17)10-18)13-4-2-12(3-5-13)8-16(20)11-19/h2-7,9,16H,8,20H2,1H3/t16-/m0/s1. The summed E-state index contributed by atoms with van der Waals surface area (Å²) in [6.45, 7) is 0. The second-order valence-corrected chi connectivity index (χ2v) is 7.22. The minimum Gasteiger partial charge on any atom is -0.316 e. The molecule has 0 aliphatic heterocycles. The number of hydrogen-bond donors (Lipinski definition) is 1. The fourth-order valence-electron chi connectivity index (χ4n) is 2.23. The van der Waals surface area contributed by atoms with Crippen LogP contribution in [0.3, 0.4) is 0 Å². The summed E-state index contributed by atoms with van der Waals surface area (Å²) in [5.74, 6) is 0. The van der Waals surface area contributed by atoms with Gasteiger partial charge in [0.15, 0.2) is 9.84 Å². The maximum absolute atomic E-state index is 11.8. The third-order valence-corrected chi connectivity index (χ3v) is 4.55. The van der Waals surface area contributed by atoms with Crippen LogP contribution >= 0.6 is 0 Å². The maximum atomic E-state index is 11.8. The van der Waals surface area contributed by atoms with E-state index in [1.165, 1.54) is 12.1 Å². The van der Waals surface area contributed by atoms with Crippen molar-refractivity contribution in [3.8, 4) is 23.3 Å². The van der Waals surface area contributed by atoms with E-state index in [0.717, 1.165) is 17.4 Å². The van der Waals surface area contributed by atoms with Crippen LogP contribution in [-0.4, -0.2) is 20.7 Å². The lowest BCUT2D eigenvalue weighted by molar-refractivity contribution is 0.601. The number of rotatable bonds is 4. The zero-order valence-corrected chi connectivity index (χ0v) is 13.3. The molecule has 6 heteroatoms. The van der Waals surface area contributed by atoms with E-state index in [2.05, 4.69) is 0 Å². The van der Waals surface area contributed by atoms with Crippen LogP contribution in [0.15, 0.2) is 47.4 Å². The first-order chi connectivity index (χ1) is 10.8. The molecule has 5 nitrogen and oxygen atoms in total. The van der Waals surface area contributed by atoms with Crippen LogP contribution in [0.25, 0.3) is 11.1 Å². The summed E-state index contributed by atoms with van der Waals surface area (Å²) in [7, 11) is -3.48. The van der Waals surface area contributed by atoms with Crippen molar-refractivity contribution in [1.29, 1.82) is 10.5 Å². The molecule has 0 bridgehead atoms. The molecule has 23 heavy (non-hydrogen) atoms. The highest BCUT2D eigenvalue weighted by molar-refractivity contribution is 7.90. The zero-order valence-electron chi connectivity index (χ0n) is 12.5. The topological polar surface area (TPSA) is 108 Å². The molecule has 0 aromatic heterocycles. The molecule has 0 saturated heterocycles. The first kappa shape index (κ1) is 16.7. The van der Waals surface area contributed by atoms with E-state index < -0.39 is 15.9 Å². The first-order valence-electron chi connectivity index (χ1n) is 6.84. The van der Waals surface area contributed by atoms with Crippen molar-refractivity contribution in [3.63, 3.8) is 0 Å². The highest BCUT2D eigenvalue weighted by Gasteiger charge is 2.14. The van der Waals surface area contributed by atoms with Gasteiger partial charge in [0.05, 0.1) is 22.6 Å². The van der Waals surface area contributed by atoms with E-state index in [9.17, 15) is 8.42 Å². The van der Waals surface area contributed by atoms with Gasteiger partial charge in [0, 0.05) is 12.7 Å². The molecule has 2 aromatic rings. The summed E-state index contributed by atoms with van der Waals surface area (Å²) in [6, 6.07) is 15.4. The predicted octanol–water partition coefficient (Wildman–Crippen LogP) is 2.02. The van der Waals surface area contributed by atoms with Crippen LogP contribution in [-0.2, 0) is 16.3 Å². The lowest BCUT2D eigenvalue weighted by Gasteiger charge is -2.08. The fourth-order valence-corrected chi connectivity index (χ4v) is 3.09. The summed E-state index contributed by atoms with van der Waals surface area (Å²) in [5.41, 5.74) is 8.19.